The Labute approximate surface area is 139 Å². The lowest BCUT2D eigenvalue weighted by Crippen LogP contribution is -2.58. The number of nitrogens with zero attached hydrogens (tertiary/aromatic N) is 3. The Morgan fingerprint density at radius 2 is 2.08 bits per heavy atom. The van der Waals surface area contributed by atoms with Crippen LogP contribution in [0.5, 0.6) is 5.75 Å². The average Bonchev–Trinajstić information content (AvgIpc) is 2.82. The van der Waals surface area contributed by atoms with Gasteiger partial charge in [0.05, 0.1) is 4.92 Å². The van der Waals surface area contributed by atoms with E-state index in [9.17, 15) is 33.2 Å². The maximum atomic E-state index is 13.1. The fourth-order valence-corrected chi connectivity index (χ4v) is 2.29. The van der Waals surface area contributed by atoms with Gasteiger partial charge in [-0.2, -0.15) is 23.3 Å². The monoisotopic (exact) mass is 361 g/mol. The van der Waals surface area contributed by atoms with E-state index in [0.717, 1.165) is 13.0 Å². The first-order chi connectivity index (χ1) is 11.5. The molecule has 0 unspecified atom stereocenters. The lowest BCUT2D eigenvalue weighted by atomic mass is 10.1. The van der Waals surface area contributed by atoms with Crippen LogP contribution in [0.2, 0.25) is 0 Å². The van der Waals surface area contributed by atoms with E-state index < -0.39 is 40.9 Å². The van der Waals surface area contributed by atoms with Gasteiger partial charge in [-0.3, -0.25) is 14.9 Å². The fraction of sp³-hybridized carbons (Fsp3) is 0.429. The topological polar surface area (TPSA) is 105 Å². The number of hydrogen-bond acceptors (Lipinski definition) is 6. The highest BCUT2D eigenvalue weighted by atomic mass is 19.4. The number of nitro benzene ring substituents is 1. The zero-order valence-electron chi connectivity index (χ0n) is 13.1. The van der Waals surface area contributed by atoms with Crippen molar-refractivity contribution >= 4 is 17.3 Å². The third kappa shape index (κ3) is 3.40. The second-order valence-corrected chi connectivity index (χ2v) is 5.46. The van der Waals surface area contributed by atoms with E-state index >= 15 is 0 Å². The third-order valence-corrected chi connectivity index (χ3v) is 3.50. The summed E-state index contributed by atoms with van der Waals surface area (Å²) in [6.45, 7) is 2.34. The van der Waals surface area contributed by atoms with E-state index in [-0.39, 0.29) is 16.5 Å². The van der Waals surface area contributed by atoms with Gasteiger partial charge in [0, 0.05) is 18.2 Å². The number of carbonyl (C=O) groups is 1. The first-order valence-electron chi connectivity index (χ1n) is 7.04. The molecule has 0 saturated carbocycles. The number of halogens is 3. The summed E-state index contributed by atoms with van der Waals surface area (Å²) in [4.78, 5) is 22.5. The van der Waals surface area contributed by atoms with Crippen LogP contribution in [0, 0.1) is 10.1 Å². The number of carbonyl (C=O) groups excluding carboxylic acids is 1. The van der Waals surface area contributed by atoms with Gasteiger partial charge in [-0.25, -0.2) is 0 Å². The van der Waals surface area contributed by atoms with Gasteiger partial charge < -0.3 is 9.84 Å². The first-order valence-corrected chi connectivity index (χ1v) is 7.04. The Kier molecular flexibility index (Phi) is 4.71. The number of aliphatic hydroxyl groups is 1. The number of hydrazone groups is 1. The van der Waals surface area contributed by atoms with Crippen molar-refractivity contribution in [3.05, 3.63) is 34.4 Å². The van der Waals surface area contributed by atoms with E-state index in [1.165, 1.54) is 25.1 Å². The first kappa shape index (κ1) is 18.6. The van der Waals surface area contributed by atoms with E-state index in [4.69, 9.17) is 4.74 Å². The quantitative estimate of drug-likeness (QED) is 0.654. The summed E-state index contributed by atoms with van der Waals surface area (Å²) in [6.07, 6.45) is -7.58. The minimum Gasteiger partial charge on any atom is -0.474 e. The summed E-state index contributed by atoms with van der Waals surface area (Å²) in [5.74, 6) is -1.57. The average molecular weight is 361 g/mol. The Balaban J connectivity index is 2.27. The summed E-state index contributed by atoms with van der Waals surface area (Å²) < 4.78 is 44.6. The molecule has 0 aromatic heterocycles. The van der Waals surface area contributed by atoms with Crippen molar-refractivity contribution in [2.75, 3.05) is 0 Å². The zero-order chi connectivity index (χ0) is 19.0. The molecule has 8 nitrogen and oxygen atoms in total. The van der Waals surface area contributed by atoms with Gasteiger partial charge in [0.15, 0.2) is 11.9 Å². The van der Waals surface area contributed by atoms with Crippen molar-refractivity contribution in [1.29, 1.82) is 0 Å². The molecule has 25 heavy (non-hydrogen) atoms. The lowest BCUT2D eigenvalue weighted by Gasteiger charge is -2.33. The van der Waals surface area contributed by atoms with Gasteiger partial charge in [-0.1, -0.05) is 12.1 Å². The zero-order valence-corrected chi connectivity index (χ0v) is 13.1. The summed E-state index contributed by atoms with van der Waals surface area (Å²) in [6, 6.07) is 5.10. The van der Waals surface area contributed by atoms with Crippen molar-refractivity contribution in [3.63, 3.8) is 0 Å². The van der Waals surface area contributed by atoms with Gasteiger partial charge in [0.2, 0.25) is 0 Å². The number of amides is 1. The van der Waals surface area contributed by atoms with E-state index in [0.29, 0.717) is 0 Å². The molecule has 0 radical (unpaired) electrons. The Bertz CT molecular complexity index is 737. The third-order valence-electron chi connectivity index (χ3n) is 3.50. The molecule has 0 bridgehead atoms. The molecule has 1 aliphatic heterocycles. The number of alkyl halides is 3. The molecule has 0 spiro atoms. The van der Waals surface area contributed by atoms with Crippen LogP contribution in [0.25, 0.3) is 0 Å². The van der Waals surface area contributed by atoms with Crippen LogP contribution >= 0.6 is 0 Å². The van der Waals surface area contributed by atoms with Gasteiger partial charge in [0.1, 0.15) is 0 Å². The summed E-state index contributed by atoms with van der Waals surface area (Å²) >= 11 is 0. The largest absolute Gasteiger partial charge is 0.474 e. The second kappa shape index (κ2) is 6.31. The molecule has 1 aromatic carbocycles. The minimum atomic E-state index is -5.14. The van der Waals surface area contributed by atoms with Gasteiger partial charge in [0.25, 0.3) is 11.6 Å². The van der Waals surface area contributed by atoms with Gasteiger partial charge in [-0.15, -0.1) is 0 Å². The minimum absolute atomic E-state index is 0.0816. The van der Waals surface area contributed by atoms with Crippen LogP contribution in [-0.2, 0) is 4.79 Å². The Morgan fingerprint density at radius 1 is 1.48 bits per heavy atom. The molecular weight excluding hydrogens is 347 g/mol. The highest BCUT2D eigenvalue weighted by Crippen LogP contribution is 2.40. The van der Waals surface area contributed by atoms with Crippen LogP contribution in [0.1, 0.15) is 20.3 Å². The van der Waals surface area contributed by atoms with Crippen molar-refractivity contribution in [2.24, 2.45) is 5.10 Å². The van der Waals surface area contributed by atoms with Crippen LogP contribution in [0.3, 0.4) is 0 Å². The van der Waals surface area contributed by atoms with Crippen LogP contribution in [-0.4, -0.2) is 44.7 Å². The normalized spacial score (nSPS) is 21.7. The number of hydrogen-bond donors (Lipinski definition) is 1. The summed E-state index contributed by atoms with van der Waals surface area (Å²) in [5.41, 5.74) is -4.02. The highest BCUT2D eigenvalue weighted by Gasteiger charge is 2.63. The molecular formula is C14H14F3N3O5. The fourth-order valence-electron chi connectivity index (χ4n) is 2.29. The number of benzene rings is 1. The molecule has 1 heterocycles. The molecule has 2 rings (SSSR count). The number of rotatable bonds is 4. The molecule has 0 saturated heterocycles. The predicted octanol–water partition coefficient (Wildman–Crippen LogP) is 2.22. The van der Waals surface area contributed by atoms with E-state index in [1.807, 2.05) is 0 Å². The smallest absolute Gasteiger partial charge is 0.438 e. The van der Waals surface area contributed by atoms with Gasteiger partial charge >= 0.3 is 11.9 Å². The Hall–Kier alpha value is -2.69. The number of para-hydroxylation sites is 2. The molecule has 1 amide bonds. The van der Waals surface area contributed by atoms with Crippen molar-refractivity contribution < 1.29 is 32.7 Å². The summed E-state index contributed by atoms with van der Waals surface area (Å²) in [5, 5.41) is 24.2. The predicted molar refractivity (Wildman–Crippen MR) is 78.8 cm³/mol. The molecule has 2 atom stereocenters. The van der Waals surface area contributed by atoms with E-state index in [2.05, 4.69) is 5.10 Å². The number of nitro groups is 1. The molecule has 0 fully saturated rings. The van der Waals surface area contributed by atoms with Crippen LogP contribution in [0.4, 0.5) is 18.9 Å². The highest BCUT2D eigenvalue weighted by molar-refractivity contribution is 5.90. The molecule has 1 N–H and O–H groups in total. The van der Waals surface area contributed by atoms with E-state index in [1.54, 1.807) is 0 Å². The molecule has 1 aromatic rings. The lowest BCUT2D eigenvalue weighted by molar-refractivity contribution is -0.386. The molecule has 11 heteroatoms. The van der Waals surface area contributed by atoms with Crippen LogP contribution < -0.4 is 4.74 Å². The molecule has 1 aliphatic rings. The Morgan fingerprint density at radius 3 is 2.64 bits per heavy atom. The van der Waals surface area contributed by atoms with Crippen molar-refractivity contribution in [2.45, 2.75) is 38.3 Å². The standard InChI is InChI=1S/C14H14F3N3O5/c1-8-7-13(22,14(15,16)17)19(18-8)12(21)9(2)25-11-6-4-3-5-10(11)20(23)24/h3-6,9,22H,7H2,1-2H3/t9-,13-/m0/s1. The van der Waals surface area contributed by atoms with Crippen molar-refractivity contribution in [1.82, 2.24) is 5.01 Å². The maximum Gasteiger partial charge on any atom is 0.438 e. The SMILES string of the molecule is CC1=NN(C(=O)[C@H](C)Oc2ccccc2[N+](=O)[O-])[C@@](O)(C(F)(F)F)C1. The number of ether oxygens (including phenoxy) is 1. The molecule has 0 aliphatic carbocycles. The van der Waals surface area contributed by atoms with Gasteiger partial charge in [-0.05, 0) is 19.9 Å². The summed E-state index contributed by atoms with van der Waals surface area (Å²) in [7, 11) is 0. The van der Waals surface area contributed by atoms with Crippen LogP contribution in [0.15, 0.2) is 29.4 Å². The second-order valence-electron chi connectivity index (χ2n) is 5.46. The van der Waals surface area contributed by atoms with Crippen molar-refractivity contribution in [3.8, 4) is 5.75 Å². The molecule has 136 valence electrons. The maximum absolute atomic E-state index is 13.1.